The monoisotopic (exact) mass is 375 g/mol. The molecule has 7 heteroatoms. The van der Waals surface area contributed by atoms with Crippen LogP contribution in [0.15, 0.2) is 32.0 Å². The molecule has 18 heavy (non-hydrogen) atoms. The summed E-state index contributed by atoms with van der Waals surface area (Å²) in [6.45, 7) is 1.06. The fraction of sp³-hybridized carbons (Fsp3) is 0.273. The lowest BCUT2D eigenvalue weighted by molar-refractivity contribution is 0.283. The van der Waals surface area contributed by atoms with Crippen molar-refractivity contribution in [2.75, 3.05) is 7.05 Å². The maximum absolute atomic E-state index is 5.65. The molecule has 0 aliphatic heterocycles. The number of aromatic nitrogens is 2. The van der Waals surface area contributed by atoms with Gasteiger partial charge < -0.3 is 14.6 Å². The summed E-state index contributed by atoms with van der Waals surface area (Å²) in [7, 11) is 1.91. The first-order valence-corrected chi connectivity index (χ1v) is 6.80. The summed E-state index contributed by atoms with van der Waals surface area (Å²) < 4.78 is 12.0. The maximum atomic E-state index is 5.65. The second kappa shape index (κ2) is 6.31. The summed E-state index contributed by atoms with van der Waals surface area (Å²) in [6.07, 6.45) is 1.28. The van der Waals surface area contributed by atoms with Crippen LogP contribution < -0.4 is 10.1 Å². The quantitative estimate of drug-likeness (QED) is 0.869. The lowest BCUT2D eigenvalue weighted by atomic mass is 10.2. The van der Waals surface area contributed by atoms with Gasteiger partial charge in [-0.3, -0.25) is 0 Å². The van der Waals surface area contributed by atoms with Crippen LogP contribution in [0.1, 0.15) is 11.4 Å². The summed E-state index contributed by atoms with van der Waals surface area (Å²) in [4.78, 5) is 3.89. The Bertz CT molecular complexity index is 494. The number of nitrogens with zero attached hydrogens (tertiary/aromatic N) is 2. The highest BCUT2D eigenvalue weighted by Crippen LogP contribution is 2.35. The van der Waals surface area contributed by atoms with E-state index in [1.54, 1.807) is 0 Å². The standard InChI is InChI=1S/C11H11Br2N3O2/c1-14-4-7-2-8(12)11(9(13)3-7)17-5-10-15-6-18-16-10/h2-3,6,14H,4-5H2,1H3. The van der Waals surface area contributed by atoms with Gasteiger partial charge in [0.15, 0.2) is 6.61 Å². The molecule has 0 unspecified atom stereocenters. The van der Waals surface area contributed by atoms with E-state index in [1.807, 2.05) is 19.2 Å². The molecule has 2 aromatic rings. The average Bonchev–Trinajstić information content (AvgIpc) is 2.81. The smallest absolute Gasteiger partial charge is 0.213 e. The van der Waals surface area contributed by atoms with Gasteiger partial charge in [-0.25, -0.2) is 0 Å². The summed E-state index contributed by atoms with van der Waals surface area (Å²) in [6, 6.07) is 4.01. The number of hydrogen-bond acceptors (Lipinski definition) is 5. The van der Waals surface area contributed by atoms with Crippen LogP contribution in [0.4, 0.5) is 0 Å². The van der Waals surface area contributed by atoms with Crippen LogP contribution in [0.2, 0.25) is 0 Å². The third-order valence-corrected chi connectivity index (χ3v) is 3.37. The van der Waals surface area contributed by atoms with Crippen LogP contribution in [0, 0.1) is 0 Å². The Kier molecular flexibility index (Phi) is 4.73. The van der Waals surface area contributed by atoms with Crippen LogP contribution in [-0.2, 0) is 13.2 Å². The van der Waals surface area contributed by atoms with Gasteiger partial charge in [0.05, 0.1) is 8.95 Å². The van der Waals surface area contributed by atoms with Crippen molar-refractivity contribution in [3.8, 4) is 5.75 Å². The number of ether oxygens (including phenoxy) is 1. The Morgan fingerprint density at radius 1 is 1.33 bits per heavy atom. The minimum atomic E-state index is 0.263. The molecule has 0 spiro atoms. The molecular weight excluding hydrogens is 366 g/mol. The molecule has 0 aliphatic carbocycles. The fourth-order valence-corrected chi connectivity index (χ4v) is 2.96. The van der Waals surface area contributed by atoms with Crippen molar-refractivity contribution < 1.29 is 9.26 Å². The molecule has 2 rings (SSSR count). The van der Waals surface area contributed by atoms with E-state index >= 15 is 0 Å². The van der Waals surface area contributed by atoms with E-state index in [0.717, 1.165) is 26.8 Å². The van der Waals surface area contributed by atoms with E-state index in [4.69, 9.17) is 4.74 Å². The molecular formula is C11H11Br2N3O2. The van der Waals surface area contributed by atoms with E-state index in [0.29, 0.717) is 5.82 Å². The molecule has 1 aromatic heterocycles. The Labute approximate surface area is 121 Å². The summed E-state index contributed by atoms with van der Waals surface area (Å²) in [5.41, 5.74) is 1.16. The predicted molar refractivity (Wildman–Crippen MR) is 73.2 cm³/mol. The van der Waals surface area contributed by atoms with E-state index < -0.39 is 0 Å². The molecule has 1 N–H and O–H groups in total. The Morgan fingerprint density at radius 2 is 2.06 bits per heavy atom. The number of benzene rings is 1. The van der Waals surface area contributed by atoms with Crippen molar-refractivity contribution >= 4 is 31.9 Å². The lowest BCUT2D eigenvalue weighted by Gasteiger charge is -2.11. The van der Waals surface area contributed by atoms with E-state index in [-0.39, 0.29) is 6.61 Å². The molecule has 0 atom stereocenters. The molecule has 0 fully saturated rings. The zero-order chi connectivity index (χ0) is 13.0. The van der Waals surface area contributed by atoms with Gasteiger partial charge in [0.2, 0.25) is 12.2 Å². The van der Waals surface area contributed by atoms with E-state index in [2.05, 4.69) is 51.8 Å². The highest BCUT2D eigenvalue weighted by molar-refractivity contribution is 9.11. The van der Waals surface area contributed by atoms with Crippen molar-refractivity contribution in [3.05, 3.63) is 38.9 Å². The second-order valence-corrected chi connectivity index (χ2v) is 5.26. The Hall–Kier alpha value is -0.920. The zero-order valence-corrected chi connectivity index (χ0v) is 12.8. The fourth-order valence-electron chi connectivity index (χ4n) is 1.45. The number of nitrogens with one attached hydrogen (secondary N) is 1. The van der Waals surface area contributed by atoms with Crippen LogP contribution in [0.25, 0.3) is 0 Å². The zero-order valence-electron chi connectivity index (χ0n) is 9.61. The van der Waals surface area contributed by atoms with Gasteiger partial charge in [0.1, 0.15) is 5.75 Å². The van der Waals surface area contributed by atoms with Crippen LogP contribution in [0.3, 0.4) is 0 Å². The first-order valence-electron chi connectivity index (χ1n) is 5.21. The molecule has 0 aliphatic rings. The highest BCUT2D eigenvalue weighted by Gasteiger charge is 2.10. The molecule has 0 bridgehead atoms. The number of halogens is 2. The topological polar surface area (TPSA) is 60.2 Å². The van der Waals surface area contributed by atoms with Crippen LogP contribution in [0.5, 0.6) is 5.75 Å². The predicted octanol–water partition coefficient (Wildman–Crippen LogP) is 2.89. The van der Waals surface area contributed by atoms with E-state index in [9.17, 15) is 0 Å². The van der Waals surface area contributed by atoms with E-state index in [1.165, 1.54) is 6.39 Å². The molecule has 0 saturated heterocycles. The maximum Gasteiger partial charge on any atom is 0.213 e. The molecule has 96 valence electrons. The molecule has 5 nitrogen and oxygen atoms in total. The first kappa shape index (κ1) is 13.5. The van der Waals surface area contributed by atoms with Gasteiger partial charge in [-0.05, 0) is 56.6 Å². The van der Waals surface area contributed by atoms with Crippen molar-refractivity contribution in [1.29, 1.82) is 0 Å². The normalized spacial score (nSPS) is 10.6. The van der Waals surface area contributed by atoms with Crippen LogP contribution >= 0.6 is 31.9 Å². The third-order valence-electron chi connectivity index (χ3n) is 2.19. The molecule has 1 aromatic carbocycles. The minimum absolute atomic E-state index is 0.263. The third kappa shape index (κ3) is 3.30. The molecule has 0 amide bonds. The summed E-state index contributed by atoms with van der Waals surface area (Å²) in [5, 5.41) is 6.78. The van der Waals surface area contributed by atoms with Gasteiger partial charge in [0.25, 0.3) is 0 Å². The number of hydrogen-bond donors (Lipinski definition) is 1. The molecule has 0 saturated carbocycles. The van der Waals surface area contributed by atoms with Gasteiger partial charge in [-0.15, -0.1) is 0 Å². The average molecular weight is 377 g/mol. The van der Waals surface area contributed by atoms with Gasteiger partial charge >= 0.3 is 0 Å². The molecule has 1 heterocycles. The lowest BCUT2D eigenvalue weighted by Crippen LogP contribution is -2.05. The molecule has 0 radical (unpaired) electrons. The minimum Gasteiger partial charge on any atom is -0.483 e. The Morgan fingerprint density at radius 3 is 2.61 bits per heavy atom. The van der Waals surface area contributed by atoms with Crippen molar-refractivity contribution in [1.82, 2.24) is 15.5 Å². The van der Waals surface area contributed by atoms with Crippen LogP contribution in [-0.4, -0.2) is 17.2 Å². The van der Waals surface area contributed by atoms with Crippen molar-refractivity contribution in [2.24, 2.45) is 0 Å². The largest absolute Gasteiger partial charge is 0.483 e. The van der Waals surface area contributed by atoms with Gasteiger partial charge in [-0.2, -0.15) is 4.98 Å². The number of rotatable bonds is 5. The van der Waals surface area contributed by atoms with Crippen molar-refractivity contribution in [3.63, 3.8) is 0 Å². The SMILES string of the molecule is CNCc1cc(Br)c(OCc2ncon2)c(Br)c1. The van der Waals surface area contributed by atoms with Gasteiger partial charge in [0, 0.05) is 6.54 Å². The second-order valence-electron chi connectivity index (χ2n) is 3.56. The summed E-state index contributed by atoms with van der Waals surface area (Å²) in [5.74, 6) is 1.23. The highest BCUT2D eigenvalue weighted by atomic mass is 79.9. The Balaban J connectivity index is 2.12. The van der Waals surface area contributed by atoms with Crippen molar-refractivity contribution in [2.45, 2.75) is 13.2 Å². The van der Waals surface area contributed by atoms with Gasteiger partial charge in [-0.1, -0.05) is 5.16 Å². The first-order chi connectivity index (χ1) is 8.70. The summed E-state index contributed by atoms with van der Waals surface area (Å²) >= 11 is 6.97.